The Kier molecular flexibility index (Phi) is 5.71. The van der Waals surface area contributed by atoms with Crippen LogP contribution in [0.15, 0.2) is 49.1 Å². The van der Waals surface area contributed by atoms with Gasteiger partial charge >= 0.3 is 6.55 Å². The Bertz CT molecular complexity index is 1560. The van der Waals surface area contributed by atoms with Crippen LogP contribution in [0.4, 0.5) is 14.6 Å². The molecule has 1 aliphatic heterocycles. The number of aryl methyl sites for hydroxylation is 1. The summed E-state index contributed by atoms with van der Waals surface area (Å²) in [5.41, 5.74) is 4.84. The first-order chi connectivity index (χ1) is 17.8. The van der Waals surface area contributed by atoms with Crippen LogP contribution in [0, 0.1) is 6.92 Å². The molecule has 2 N–H and O–H groups in total. The highest BCUT2D eigenvalue weighted by atomic mass is 35.5. The number of aromatic amines is 2. The van der Waals surface area contributed by atoms with E-state index in [9.17, 15) is 8.78 Å². The second-order valence-electron chi connectivity index (χ2n) is 9.73. The summed E-state index contributed by atoms with van der Waals surface area (Å²) < 4.78 is 26.6. The summed E-state index contributed by atoms with van der Waals surface area (Å²) in [6, 6.07) is 9.68. The van der Waals surface area contributed by atoms with E-state index >= 15 is 0 Å². The Hall–Kier alpha value is -3.79. The number of nitrogens with one attached hydrogen (secondary N) is 2. The van der Waals surface area contributed by atoms with Gasteiger partial charge in [0.1, 0.15) is 23.6 Å². The molecule has 0 spiro atoms. The van der Waals surface area contributed by atoms with Gasteiger partial charge in [-0.05, 0) is 43.5 Å². The first-order valence-electron chi connectivity index (χ1n) is 12.1. The molecule has 0 radical (unpaired) electrons. The Morgan fingerprint density at radius 3 is 2.51 bits per heavy atom. The largest absolute Gasteiger partial charge is 0.356 e. The molecule has 0 unspecified atom stereocenters. The third-order valence-corrected chi connectivity index (χ3v) is 7.52. The van der Waals surface area contributed by atoms with Crippen LogP contribution in [-0.2, 0) is 5.41 Å². The number of imidazole rings is 1. The van der Waals surface area contributed by atoms with E-state index in [-0.39, 0.29) is 5.41 Å². The maximum Gasteiger partial charge on any atom is 0.333 e. The van der Waals surface area contributed by atoms with Gasteiger partial charge in [0, 0.05) is 35.3 Å². The Balaban J connectivity index is 1.23. The molecule has 0 amide bonds. The van der Waals surface area contributed by atoms with Crippen LogP contribution in [-0.4, -0.2) is 47.8 Å². The lowest BCUT2D eigenvalue weighted by molar-refractivity contribution is 0.0566. The minimum absolute atomic E-state index is 0.106. The van der Waals surface area contributed by atoms with E-state index in [0.717, 1.165) is 59.9 Å². The van der Waals surface area contributed by atoms with Gasteiger partial charge in [0.15, 0.2) is 0 Å². The standard InChI is InChI=1S/C26H25ClF2N8/c1-15-21(16-3-5-18(27)6-4-16)35-24(33-15)26(2)7-9-36(10-8-26)23-19-11-20(34-22(19)30-14-31-23)17-12-32-37(13-17)25(28)29/h3-6,11-14,25H,7-10H2,1-2H3,(H,33,35)(H,30,31,34). The van der Waals surface area contributed by atoms with Crippen molar-refractivity contribution in [3.05, 3.63) is 65.6 Å². The zero-order valence-corrected chi connectivity index (χ0v) is 21.1. The van der Waals surface area contributed by atoms with Gasteiger partial charge in [-0.1, -0.05) is 30.7 Å². The van der Waals surface area contributed by atoms with Crippen molar-refractivity contribution in [2.75, 3.05) is 18.0 Å². The van der Waals surface area contributed by atoms with Gasteiger partial charge in [-0.3, -0.25) is 0 Å². The van der Waals surface area contributed by atoms with Gasteiger partial charge in [-0.15, -0.1) is 0 Å². The van der Waals surface area contributed by atoms with E-state index < -0.39 is 6.55 Å². The molecule has 37 heavy (non-hydrogen) atoms. The molecule has 0 saturated carbocycles. The molecule has 0 bridgehead atoms. The number of hydrogen-bond donors (Lipinski definition) is 2. The number of halogens is 3. The van der Waals surface area contributed by atoms with Gasteiger partial charge in [0.2, 0.25) is 0 Å². The predicted molar refractivity (Wildman–Crippen MR) is 139 cm³/mol. The summed E-state index contributed by atoms with van der Waals surface area (Å²) in [6.07, 6.45) is 6.05. The average Bonchev–Trinajstić information content (AvgIpc) is 3.63. The summed E-state index contributed by atoms with van der Waals surface area (Å²) in [6.45, 7) is 3.18. The van der Waals surface area contributed by atoms with Crippen molar-refractivity contribution in [2.45, 2.75) is 38.7 Å². The van der Waals surface area contributed by atoms with Crippen LogP contribution >= 0.6 is 11.6 Å². The molecular formula is C26H25ClF2N8. The molecule has 1 aliphatic rings. The predicted octanol–water partition coefficient (Wildman–Crippen LogP) is 6.13. The number of H-pyrrole nitrogens is 2. The van der Waals surface area contributed by atoms with Crippen molar-refractivity contribution in [3.63, 3.8) is 0 Å². The van der Waals surface area contributed by atoms with E-state index in [1.165, 1.54) is 18.7 Å². The van der Waals surface area contributed by atoms with E-state index in [1.54, 1.807) is 0 Å². The fourth-order valence-corrected chi connectivity index (χ4v) is 5.14. The third kappa shape index (κ3) is 4.25. The Morgan fingerprint density at radius 2 is 1.81 bits per heavy atom. The lowest BCUT2D eigenvalue weighted by Crippen LogP contribution is -2.42. The molecule has 0 aliphatic carbocycles. The van der Waals surface area contributed by atoms with Crippen LogP contribution in [0.25, 0.3) is 33.5 Å². The minimum atomic E-state index is -2.68. The summed E-state index contributed by atoms with van der Waals surface area (Å²) in [4.78, 5) is 22.9. The first kappa shape index (κ1) is 23.6. The zero-order valence-electron chi connectivity index (χ0n) is 20.3. The zero-order chi connectivity index (χ0) is 25.7. The first-order valence-corrected chi connectivity index (χ1v) is 12.4. The topological polar surface area (TPSA) is 91.3 Å². The van der Waals surface area contributed by atoms with Crippen molar-refractivity contribution in [1.82, 2.24) is 34.7 Å². The molecule has 0 atom stereocenters. The van der Waals surface area contributed by atoms with Crippen molar-refractivity contribution in [3.8, 4) is 22.5 Å². The van der Waals surface area contributed by atoms with E-state index in [2.05, 4.69) is 36.9 Å². The Labute approximate surface area is 216 Å². The molecule has 11 heteroatoms. The molecule has 6 rings (SSSR count). The van der Waals surface area contributed by atoms with Crippen molar-refractivity contribution >= 4 is 28.5 Å². The SMILES string of the molecule is Cc1nc(C2(C)CCN(c3ncnc4[nH]c(-c5cnn(C(F)F)c5)cc34)CC2)[nH]c1-c1ccc(Cl)cc1. The number of piperidine rings is 1. The van der Waals surface area contributed by atoms with Crippen LogP contribution in [0.3, 0.4) is 0 Å². The van der Waals surface area contributed by atoms with Crippen molar-refractivity contribution in [1.29, 1.82) is 0 Å². The van der Waals surface area contributed by atoms with Crippen molar-refractivity contribution < 1.29 is 8.78 Å². The molecule has 1 fully saturated rings. The second-order valence-corrected chi connectivity index (χ2v) is 10.2. The third-order valence-electron chi connectivity index (χ3n) is 7.27. The number of rotatable bonds is 5. The minimum Gasteiger partial charge on any atom is -0.356 e. The van der Waals surface area contributed by atoms with Gasteiger partial charge in [-0.2, -0.15) is 13.9 Å². The fourth-order valence-electron chi connectivity index (χ4n) is 5.01. The van der Waals surface area contributed by atoms with Crippen LogP contribution in [0.1, 0.15) is 37.8 Å². The van der Waals surface area contributed by atoms with Crippen LogP contribution < -0.4 is 4.90 Å². The molecule has 5 aromatic rings. The summed E-state index contributed by atoms with van der Waals surface area (Å²) in [5.74, 6) is 1.82. The molecule has 4 aromatic heterocycles. The van der Waals surface area contributed by atoms with Gasteiger partial charge in [0.25, 0.3) is 0 Å². The molecular weight excluding hydrogens is 498 g/mol. The number of alkyl halides is 2. The quantitative estimate of drug-likeness (QED) is 0.290. The fraction of sp³-hybridized carbons (Fsp3) is 0.308. The number of fused-ring (bicyclic) bond motifs is 1. The number of benzene rings is 1. The highest BCUT2D eigenvalue weighted by molar-refractivity contribution is 6.30. The van der Waals surface area contributed by atoms with E-state index in [4.69, 9.17) is 16.6 Å². The van der Waals surface area contributed by atoms with Gasteiger partial charge < -0.3 is 14.9 Å². The maximum absolute atomic E-state index is 13.0. The second kappa shape index (κ2) is 8.95. The molecule has 8 nitrogen and oxygen atoms in total. The van der Waals surface area contributed by atoms with E-state index in [1.807, 2.05) is 37.3 Å². The molecule has 1 aromatic carbocycles. The smallest absolute Gasteiger partial charge is 0.333 e. The van der Waals surface area contributed by atoms with E-state index in [0.29, 0.717) is 26.6 Å². The average molecular weight is 523 g/mol. The lowest BCUT2D eigenvalue weighted by atomic mass is 9.79. The highest BCUT2D eigenvalue weighted by Crippen LogP contribution is 2.38. The van der Waals surface area contributed by atoms with Gasteiger partial charge in [0.05, 0.1) is 28.7 Å². The lowest BCUT2D eigenvalue weighted by Gasteiger charge is -2.38. The monoisotopic (exact) mass is 522 g/mol. The summed E-state index contributed by atoms with van der Waals surface area (Å²) in [7, 11) is 0. The molecule has 5 heterocycles. The normalized spacial score (nSPS) is 15.7. The maximum atomic E-state index is 13.0. The molecule has 190 valence electrons. The number of aromatic nitrogens is 7. The van der Waals surface area contributed by atoms with Gasteiger partial charge in [-0.25, -0.2) is 19.6 Å². The summed E-state index contributed by atoms with van der Waals surface area (Å²) in [5, 5.41) is 5.29. The van der Waals surface area contributed by atoms with Crippen LogP contribution in [0.2, 0.25) is 5.02 Å². The Morgan fingerprint density at radius 1 is 1.05 bits per heavy atom. The number of anilines is 1. The van der Waals surface area contributed by atoms with Crippen molar-refractivity contribution in [2.24, 2.45) is 0 Å². The summed E-state index contributed by atoms with van der Waals surface area (Å²) >= 11 is 6.06. The van der Waals surface area contributed by atoms with Crippen LogP contribution in [0.5, 0.6) is 0 Å². The number of nitrogens with zero attached hydrogens (tertiary/aromatic N) is 6. The highest BCUT2D eigenvalue weighted by Gasteiger charge is 2.36. The molecule has 1 saturated heterocycles. The number of hydrogen-bond acceptors (Lipinski definition) is 5.